The number of anilines is 1. The Bertz CT molecular complexity index is 1170. The van der Waals surface area contributed by atoms with E-state index in [2.05, 4.69) is 44.4 Å². The number of fused-ring (bicyclic) bond motifs is 1. The van der Waals surface area contributed by atoms with Crippen LogP contribution in [0, 0.1) is 17.2 Å². The Balaban J connectivity index is 1.56. The molecule has 1 atom stereocenters. The Morgan fingerprint density at radius 2 is 2.09 bits per heavy atom. The van der Waals surface area contributed by atoms with E-state index >= 15 is 0 Å². The van der Waals surface area contributed by atoms with Crippen LogP contribution in [-0.2, 0) is 26.8 Å². The van der Waals surface area contributed by atoms with Crippen LogP contribution in [0.4, 0.5) is 5.00 Å². The Kier molecular flexibility index (Phi) is 6.01. The van der Waals surface area contributed by atoms with E-state index < -0.39 is 15.9 Å². The molecule has 1 fully saturated rings. The summed E-state index contributed by atoms with van der Waals surface area (Å²) in [6.45, 7) is 8.96. The fourth-order valence-corrected chi connectivity index (χ4v) is 8.76. The number of amides is 1. The van der Waals surface area contributed by atoms with Gasteiger partial charge >= 0.3 is 0 Å². The SMILES string of the molecule is CC1(C)Cc2c(sc(NC(=O)C3CCCN(S(=O)(=O)c4cccs4)C3)c2C#N)C(C)(C)N1. The van der Waals surface area contributed by atoms with E-state index in [4.69, 9.17) is 0 Å². The molecule has 0 bridgehead atoms. The van der Waals surface area contributed by atoms with Gasteiger partial charge in [-0.15, -0.1) is 22.7 Å². The lowest BCUT2D eigenvalue weighted by molar-refractivity contribution is -0.120. The first-order valence-electron chi connectivity index (χ1n) is 10.6. The molecular weight excluding hydrogens is 464 g/mol. The van der Waals surface area contributed by atoms with Crippen LogP contribution >= 0.6 is 22.7 Å². The highest BCUT2D eigenvalue weighted by Crippen LogP contribution is 2.45. The highest BCUT2D eigenvalue weighted by atomic mass is 32.2. The molecule has 2 aliphatic heterocycles. The molecule has 1 amide bonds. The smallest absolute Gasteiger partial charge is 0.252 e. The Morgan fingerprint density at radius 1 is 1.34 bits per heavy atom. The van der Waals surface area contributed by atoms with Crippen molar-refractivity contribution in [1.29, 1.82) is 5.26 Å². The van der Waals surface area contributed by atoms with Crippen molar-refractivity contribution < 1.29 is 13.2 Å². The van der Waals surface area contributed by atoms with Gasteiger partial charge in [0.15, 0.2) is 0 Å². The zero-order valence-electron chi connectivity index (χ0n) is 18.7. The van der Waals surface area contributed by atoms with Crippen LogP contribution in [0.2, 0.25) is 0 Å². The van der Waals surface area contributed by atoms with Crippen LogP contribution in [0.3, 0.4) is 0 Å². The van der Waals surface area contributed by atoms with Gasteiger partial charge in [0.1, 0.15) is 15.3 Å². The number of sulfonamides is 1. The minimum atomic E-state index is -3.59. The molecule has 1 unspecified atom stereocenters. The molecule has 0 radical (unpaired) electrons. The molecule has 10 heteroatoms. The van der Waals surface area contributed by atoms with E-state index in [0.29, 0.717) is 40.6 Å². The minimum absolute atomic E-state index is 0.152. The van der Waals surface area contributed by atoms with Gasteiger partial charge in [0.05, 0.1) is 11.5 Å². The Morgan fingerprint density at radius 3 is 2.75 bits per heavy atom. The van der Waals surface area contributed by atoms with E-state index in [1.54, 1.807) is 17.5 Å². The largest absolute Gasteiger partial charge is 0.316 e. The number of piperidine rings is 1. The molecule has 2 N–H and O–H groups in total. The van der Waals surface area contributed by atoms with Crippen LogP contribution in [0.1, 0.15) is 56.5 Å². The normalized spacial score (nSPS) is 22.7. The number of hydrogen-bond donors (Lipinski definition) is 2. The second kappa shape index (κ2) is 8.22. The molecule has 172 valence electrons. The molecule has 4 heterocycles. The Hall–Kier alpha value is -1.77. The first-order chi connectivity index (χ1) is 14.9. The lowest BCUT2D eigenvalue weighted by atomic mass is 9.81. The first kappa shape index (κ1) is 23.4. The molecule has 0 aromatic carbocycles. The lowest BCUT2D eigenvalue weighted by Gasteiger charge is -2.42. The summed E-state index contributed by atoms with van der Waals surface area (Å²) in [4.78, 5) is 14.2. The summed E-state index contributed by atoms with van der Waals surface area (Å²) >= 11 is 2.63. The third kappa shape index (κ3) is 4.24. The van der Waals surface area contributed by atoms with Gasteiger partial charge in [0, 0.05) is 29.0 Å². The molecule has 0 saturated carbocycles. The van der Waals surface area contributed by atoms with Crippen LogP contribution in [0.15, 0.2) is 21.7 Å². The van der Waals surface area contributed by atoms with Crippen molar-refractivity contribution in [2.45, 2.75) is 62.2 Å². The summed E-state index contributed by atoms with van der Waals surface area (Å²) < 4.78 is 27.5. The van der Waals surface area contributed by atoms with E-state index in [0.717, 1.165) is 10.4 Å². The van der Waals surface area contributed by atoms with Gasteiger partial charge in [-0.3, -0.25) is 4.79 Å². The number of nitrogens with one attached hydrogen (secondary N) is 2. The van der Waals surface area contributed by atoms with Crippen LogP contribution < -0.4 is 10.6 Å². The van der Waals surface area contributed by atoms with Gasteiger partial charge < -0.3 is 10.6 Å². The van der Waals surface area contributed by atoms with Gasteiger partial charge in [-0.2, -0.15) is 9.57 Å². The summed E-state index contributed by atoms with van der Waals surface area (Å²) in [6, 6.07) is 5.61. The summed E-state index contributed by atoms with van der Waals surface area (Å²) in [7, 11) is -3.59. The third-order valence-corrected chi connectivity index (χ3v) is 10.7. The van der Waals surface area contributed by atoms with Crippen molar-refractivity contribution in [3.8, 4) is 6.07 Å². The zero-order chi connectivity index (χ0) is 23.3. The van der Waals surface area contributed by atoms with Gasteiger partial charge in [-0.1, -0.05) is 6.07 Å². The molecule has 32 heavy (non-hydrogen) atoms. The summed E-state index contributed by atoms with van der Waals surface area (Å²) in [5.41, 5.74) is 1.05. The van der Waals surface area contributed by atoms with E-state index in [9.17, 15) is 18.5 Å². The standard InChI is InChI=1S/C22H28N4O3S3/c1-21(2)11-15-16(12-23)20(31-18(15)22(3,4)25-21)24-19(27)14-7-5-9-26(13-14)32(28,29)17-8-6-10-30-17/h6,8,10,14,25H,5,7,9,11,13H2,1-4H3,(H,24,27). The van der Waals surface area contributed by atoms with Crippen LogP contribution in [-0.4, -0.2) is 37.3 Å². The molecule has 1 saturated heterocycles. The van der Waals surface area contributed by atoms with Crippen molar-refractivity contribution in [3.63, 3.8) is 0 Å². The van der Waals surface area contributed by atoms with E-state index in [1.807, 2.05) is 0 Å². The number of thiophene rings is 2. The van der Waals surface area contributed by atoms with Gasteiger partial charge in [-0.05, 0) is 64.0 Å². The predicted molar refractivity (Wildman–Crippen MR) is 127 cm³/mol. The van der Waals surface area contributed by atoms with Gasteiger partial charge in [0.2, 0.25) is 5.91 Å². The van der Waals surface area contributed by atoms with Crippen molar-refractivity contribution in [2.24, 2.45) is 5.92 Å². The maximum absolute atomic E-state index is 13.1. The van der Waals surface area contributed by atoms with Crippen molar-refractivity contribution in [2.75, 3.05) is 18.4 Å². The first-order valence-corrected chi connectivity index (χ1v) is 13.8. The van der Waals surface area contributed by atoms with Gasteiger partial charge in [-0.25, -0.2) is 8.42 Å². The number of carbonyl (C=O) groups excluding carboxylic acids is 1. The van der Waals surface area contributed by atoms with Crippen molar-refractivity contribution in [3.05, 3.63) is 33.5 Å². The number of hydrogen-bond acceptors (Lipinski definition) is 7. The topological polar surface area (TPSA) is 102 Å². The fourth-order valence-electron chi connectivity index (χ4n) is 4.86. The molecule has 4 rings (SSSR count). The van der Waals surface area contributed by atoms with Gasteiger partial charge in [0.25, 0.3) is 10.0 Å². The number of nitriles is 1. The second-order valence-corrected chi connectivity index (χ2v) is 13.8. The average Bonchev–Trinajstić information content (AvgIpc) is 3.35. The maximum Gasteiger partial charge on any atom is 0.252 e. The quantitative estimate of drug-likeness (QED) is 0.674. The minimum Gasteiger partial charge on any atom is -0.316 e. The maximum atomic E-state index is 13.1. The number of carbonyl (C=O) groups is 1. The van der Waals surface area contributed by atoms with Crippen LogP contribution in [0.5, 0.6) is 0 Å². The second-order valence-electron chi connectivity index (χ2n) is 9.66. The molecule has 2 aromatic heterocycles. The molecule has 2 aromatic rings. The Labute approximate surface area is 197 Å². The average molecular weight is 493 g/mol. The highest BCUT2D eigenvalue weighted by Gasteiger charge is 2.41. The summed E-state index contributed by atoms with van der Waals surface area (Å²) in [5, 5.41) is 18.8. The zero-order valence-corrected chi connectivity index (χ0v) is 21.1. The van der Waals surface area contributed by atoms with E-state index in [1.165, 1.54) is 27.0 Å². The molecule has 7 nitrogen and oxygen atoms in total. The summed E-state index contributed by atoms with van der Waals surface area (Å²) in [5.74, 6) is -0.678. The predicted octanol–water partition coefficient (Wildman–Crippen LogP) is 3.88. The van der Waals surface area contributed by atoms with Crippen molar-refractivity contribution >= 4 is 43.6 Å². The number of nitrogens with zero attached hydrogens (tertiary/aromatic N) is 2. The fraction of sp³-hybridized carbons (Fsp3) is 0.545. The number of rotatable bonds is 4. The molecular formula is C22H28N4O3S3. The monoisotopic (exact) mass is 492 g/mol. The lowest BCUT2D eigenvalue weighted by Crippen LogP contribution is -2.54. The molecule has 0 spiro atoms. The highest BCUT2D eigenvalue weighted by molar-refractivity contribution is 7.91. The molecule has 0 aliphatic carbocycles. The summed E-state index contributed by atoms with van der Waals surface area (Å²) in [6.07, 6.45) is 1.95. The van der Waals surface area contributed by atoms with E-state index in [-0.39, 0.29) is 23.5 Å². The molecule has 2 aliphatic rings. The third-order valence-electron chi connectivity index (χ3n) is 6.04. The van der Waals surface area contributed by atoms with Crippen molar-refractivity contribution in [1.82, 2.24) is 9.62 Å². The van der Waals surface area contributed by atoms with Crippen LogP contribution in [0.25, 0.3) is 0 Å².